The van der Waals surface area contributed by atoms with Crippen molar-refractivity contribution in [1.29, 1.82) is 10.5 Å². The minimum Gasteiger partial charge on any atom is -0.491 e. The van der Waals surface area contributed by atoms with Crippen LogP contribution in [-0.2, 0) is 35.1 Å². The van der Waals surface area contributed by atoms with Gasteiger partial charge in [-0.25, -0.2) is 0 Å². The maximum absolute atomic E-state index is 12.1. The van der Waals surface area contributed by atoms with Crippen molar-refractivity contribution >= 4 is 10.1 Å². The lowest BCUT2D eigenvalue weighted by Gasteiger charge is -2.12. The number of rotatable bonds is 18. The Hall–Kier alpha value is -4.49. The first kappa shape index (κ1) is 35.4. The van der Waals surface area contributed by atoms with Gasteiger partial charge in [0.05, 0.1) is 68.3 Å². The van der Waals surface area contributed by atoms with Gasteiger partial charge in [-0.15, -0.1) is 0 Å². The van der Waals surface area contributed by atoms with Crippen LogP contribution in [0.15, 0.2) is 77.7 Å². The summed E-state index contributed by atoms with van der Waals surface area (Å²) in [7, 11) is -3.79. The van der Waals surface area contributed by atoms with Crippen LogP contribution in [0.2, 0.25) is 0 Å². The van der Waals surface area contributed by atoms with E-state index >= 15 is 0 Å². The molecule has 11 heteroatoms. The van der Waals surface area contributed by atoms with Gasteiger partial charge >= 0.3 is 0 Å². The second-order valence-corrected chi connectivity index (χ2v) is 12.3. The molecule has 1 heterocycles. The molecule has 10 nitrogen and oxygen atoms in total. The third-order valence-corrected chi connectivity index (χ3v) is 8.80. The van der Waals surface area contributed by atoms with Gasteiger partial charge in [0.2, 0.25) is 0 Å². The first-order valence-corrected chi connectivity index (χ1v) is 16.7. The molecule has 4 aromatic rings. The standard InChI is InChI=1S/C36H39N3O7S/c1-27-4-14-34(15-5-27)47(40,41)46-23-21-44-19-17-42-16-18-43-20-22-45-33-12-8-31(9-13-33)26-39-28(2)35(25-38)36(29(39)3)32-10-6-30(24-37)7-11-32/h4-15H,16-23,26H2,1-3H3. The summed E-state index contributed by atoms with van der Waals surface area (Å²) in [6.45, 7) is 8.80. The first-order valence-electron chi connectivity index (χ1n) is 15.2. The summed E-state index contributed by atoms with van der Waals surface area (Å²) in [6, 6.07) is 26.1. The molecule has 0 spiro atoms. The fraction of sp³-hybridized carbons (Fsp3) is 0.333. The minimum atomic E-state index is -3.79. The zero-order chi connectivity index (χ0) is 33.6. The largest absolute Gasteiger partial charge is 0.491 e. The SMILES string of the molecule is Cc1ccc(S(=O)(=O)OCCOCCOCCOCCOc2ccc(Cn3c(C)c(C#N)c(-c4ccc(C#N)cc4)c3C)cc2)cc1. The van der Waals surface area contributed by atoms with Gasteiger partial charge in [-0.2, -0.15) is 18.9 Å². The predicted octanol–water partition coefficient (Wildman–Crippen LogP) is 5.71. The van der Waals surface area contributed by atoms with Crippen molar-refractivity contribution in [3.63, 3.8) is 0 Å². The molecular formula is C36H39N3O7S. The molecule has 0 aliphatic carbocycles. The van der Waals surface area contributed by atoms with Crippen molar-refractivity contribution in [2.24, 2.45) is 0 Å². The lowest BCUT2D eigenvalue weighted by atomic mass is 10.0. The molecule has 0 unspecified atom stereocenters. The van der Waals surface area contributed by atoms with Crippen LogP contribution >= 0.6 is 0 Å². The number of hydrogen-bond acceptors (Lipinski definition) is 9. The number of ether oxygens (including phenoxy) is 4. The van der Waals surface area contributed by atoms with Gasteiger partial charge in [0.25, 0.3) is 10.1 Å². The van der Waals surface area contributed by atoms with Crippen molar-refractivity contribution in [2.75, 3.05) is 52.9 Å². The number of aromatic nitrogens is 1. The van der Waals surface area contributed by atoms with Gasteiger partial charge in [-0.3, -0.25) is 4.18 Å². The van der Waals surface area contributed by atoms with Crippen LogP contribution in [0.3, 0.4) is 0 Å². The van der Waals surface area contributed by atoms with E-state index in [0.717, 1.165) is 39.4 Å². The van der Waals surface area contributed by atoms with Crippen LogP contribution in [-0.4, -0.2) is 65.8 Å². The molecular weight excluding hydrogens is 618 g/mol. The number of aryl methyl sites for hydroxylation is 1. The Balaban J connectivity index is 1.09. The molecule has 4 rings (SSSR count). The van der Waals surface area contributed by atoms with E-state index in [1.807, 2.05) is 57.2 Å². The van der Waals surface area contributed by atoms with Crippen LogP contribution < -0.4 is 4.74 Å². The summed E-state index contributed by atoms with van der Waals surface area (Å²) >= 11 is 0. The van der Waals surface area contributed by atoms with Crippen LogP contribution in [0.5, 0.6) is 5.75 Å². The smallest absolute Gasteiger partial charge is 0.297 e. The van der Waals surface area contributed by atoms with Gasteiger partial charge in [0.1, 0.15) is 18.4 Å². The maximum Gasteiger partial charge on any atom is 0.297 e. The molecule has 1 aromatic heterocycles. The second-order valence-electron chi connectivity index (χ2n) is 10.7. The van der Waals surface area contributed by atoms with Crippen LogP contribution in [0.25, 0.3) is 11.1 Å². The Labute approximate surface area is 276 Å². The molecule has 246 valence electrons. The molecule has 3 aromatic carbocycles. The summed E-state index contributed by atoms with van der Waals surface area (Å²) in [4.78, 5) is 0.122. The van der Waals surface area contributed by atoms with Crippen molar-refractivity contribution in [2.45, 2.75) is 32.2 Å². The van der Waals surface area contributed by atoms with E-state index in [2.05, 4.69) is 16.7 Å². The van der Waals surface area contributed by atoms with Crippen LogP contribution in [0.4, 0.5) is 0 Å². The van der Waals surface area contributed by atoms with E-state index in [1.54, 1.807) is 24.3 Å². The molecule has 0 saturated carbocycles. The zero-order valence-corrected chi connectivity index (χ0v) is 27.7. The van der Waals surface area contributed by atoms with E-state index in [0.29, 0.717) is 57.3 Å². The highest BCUT2D eigenvalue weighted by atomic mass is 32.2. The number of benzene rings is 3. The molecule has 47 heavy (non-hydrogen) atoms. The van der Waals surface area contributed by atoms with Gasteiger partial charge in [0, 0.05) is 23.5 Å². The lowest BCUT2D eigenvalue weighted by Crippen LogP contribution is -2.15. The maximum atomic E-state index is 12.1. The van der Waals surface area contributed by atoms with Crippen molar-refractivity contribution in [3.05, 3.63) is 106 Å². The van der Waals surface area contributed by atoms with E-state index in [9.17, 15) is 13.7 Å². The van der Waals surface area contributed by atoms with Gasteiger partial charge in [-0.1, -0.05) is 42.0 Å². The molecule has 0 bridgehead atoms. The van der Waals surface area contributed by atoms with E-state index in [1.165, 1.54) is 12.1 Å². The van der Waals surface area contributed by atoms with Crippen LogP contribution in [0.1, 0.15) is 33.6 Å². The molecule has 0 amide bonds. The minimum absolute atomic E-state index is 0.0699. The van der Waals surface area contributed by atoms with Crippen LogP contribution in [0, 0.1) is 43.4 Å². The van der Waals surface area contributed by atoms with Gasteiger partial charge in [-0.05, 0) is 68.3 Å². The van der Waals surface area contributed by atoms with Crippen molar-refractivity contribution in [1.82, 2.24) is 4.57 Å². The van der Waals surface area contributed by atoms with Crippen molar-refractivity contribution < 1.29 is 31.5 Å². The monoisotopic (exact) mass is 657 g/mol. The summed E-state index contributed by atoms with van der Waals surface area (Å²) in [5, 5.41) is 19.0. The third kappa shape index (κ3) is 10.00. The summed E-state index contributed by atoms with van der Waals surface area (Å²) in [6.07, 6.45) is 0. The van der Waals surface area contributed by atoms with E-state index < -0.39 is 10.1 Å². The fourth-order valence-electron chi connectivity index (χ4n) is 4.93. The molecule has 0 N–H and O–H groups in total. The Morgan fingerprint density at radius 2 is 1.23 bits per heavy atom. The molecule has 0 aliphatic heterocycles. The zero-order valence-electron chi connectivity index (χ0n) is 26.9. The number of hydrogen-bond donors (Lipinski definition) is 0. The van der Waals surface area contributed by atoms with E-state index in [4.69, 9.17) is 28.4 Å². The summed E-state index contributed by atoms with van der Waals surface area (Å²) in [5.74, 6) is 0.735. The first-order chi connectivity index (χ1) is 22.7. The molecule has 0 aliphatic rings. The predicted molar refractivity (Wildman–Crippen MR) is 177 cm³/mol. The molecule has 0 saturated heterocycles. The topological polar surface area (TPSA) is 133 Å². The highest BCUT2D eigenvalue weighted by Gasteiger charge is 2.19. The highest BCUT2D eigenvalue weighted by molar-refractivity contribution is 7.86. The number of nitrogens with zero attached hydrogens (tertiary/aromatic N) is 3. The average Bonchev–Trinajstić information content (AvgIpc) is 3.31. The number of nitriles is 2. The third-order valence-electron chi connectivity index (χ3n) is 7.48. The Morgan fingerprint density at radius 1 is 0.660 bits per heavy atom. The second kappa shape index (κ2) is 17.4. The quantitative estimate of drug-likeness (QED) is 0.0975. The van der Waals surface area contributed by atoms with E-state index in [-0.39, 0.29) is 18.1 Å². The summed E-state index contributed by atoms with van der Waals surface area (Å²) in [5.41, 5.74) is 6.97. The summed E-state index contributed by atoms with van der Waals surface area (Å²) < 4.78 is 53.6. The van der Waals surface area contributed by atoms with Gasteiger partial charge < -0.3 is 23.5 Å². The average molecular weight is 658 g/mol. The lowest BCUT2D eigenvalue weighted by molar-refractivity contribution is 0.00528. The Bertz CT molecular complexity index is 1790. The van der Waals surface area contributed by atoms with Crippen molar-refractivity contribution in [3.8, 4) is 29.0 Å². The van der Waals surface area contributed by atoms with Gasteiger partial charge in [0.15, 0.2) is 0 Å². The Morgan fingerprint density at radius 3 is 1.81 bits per heavy atom. The Kier molecular flexibility index (Phi) is 13.1. The normalized spacial score (nSPS) is 11.3. The highest BCUT2D eigenvalue weighted by Crippen LogP contribution is 2.33. The molecule has 0 atom stereocenters. The molecule has 0 radical (unpaired) electrons. The molecule has 0 fully saturated rings. The fourth-order valence-corrected chi connectivity index (χ4v) is 5.82.